The Balaban J connectivity index is 1.74. The first-order chi connectivity index (χ1) is 11.3. The Morgan fingerprint density at radius 3 is 2.00 bits per heavy atom. The molecule has 2 aromatic rings. The van der Waals surface area contributed by atoms with Gasteiger partial charge in [-0.25, -0.2) is 0 Å². The van der Waals surface area contributed by atoms with Gasteiger partial charge < -0.3 is 0 Å². The van der Waals surface area contributed by atoms with Crippen molar-refractivity contribution in [3.05, 3.63) is 71.8 Å². The highest BCUT2D eigenvalue weighted by molar-refractivity contribution is 5.99. The summed E-state index contributed by atoms with van der Waals surface area (Å²) >= 11 is 0. The third kappa shape index (κ3) is 3.76. The lowest BCUT2D eigenvalue weighted by Crippen LogP contribution is -2.29. The summed E-state index contributed by atoms with van der Waals surface area (Å²) in [5.74, 6) is 0.516. The molecule has 118 valence electrons. The molecule has 0 heterocycles. The Bertz CT molecular complexity index is 661. The molecule has 0 bridgehead atoms. The molecule has 0 saturated heterocycles. The van der Waals surface area contributed by atoms with Crippen LogP contribution in [0, 0.1) is 11.8 Å². The molecule has 0 aliphatic heterocycles. The fourth-order valence-corrected chi connectivity index (χ4v) is 3.59. The van der Waals surface area contributed by atoms with Crippen LogP contribution in [0.5, 0.6) is 0 Å². The van der Waals surface area contributed by atoms with Gasteiger partial charge in [0.05, 0.1) is 0 Å². The molecule has 2 nitrogen and oxygen atoms in total. The molecule has 1 aliphatic rings. The number of hydrogen-bond acceptors (Lipinski definition) is 2. The quantitative estimate of drug-likeness (QED) is 0.732. The molecule has 2 aromatic carbocycles. The van der Waals surface area contributed by atoms with E-state index in [0.29, 0.717) is 6.42 Å². The van der Waals surface area contributed by atoms with E-state index < -0.39 is 0 Å². The second-order valence-electron chi connectivity index (χ2n) is 6.37. The minimum atomic E-state index is -0.0150. The minimum absolute atomic E-state index is 0.0150. The van der Waals surface area contributed by atoms with Crippen LogP contribution >= 0.6 is 0 Å². The molecule has 1 saturated carbocycles. The molecule has 0 aromatic heterocycles. The molecule has 0 radical (unpaired) electrons. The summed E-state index contributed by atoms with van der Waals surface area (Å²) < 4.78 is 0. The summed E-state index contributed by atoms with van der Waals surface area (Å²) in [4.78, 5) is 25.3. The zero-order chi connectivity index (χ0) is 16.1. The topological polar surface area (TPSA) is 34.1 Å². The maximum atomic E-state index is 12.8. The van der Waals surface area contributed by atoms with Crippen molar-refractivity contribution in [3.8, 4) is 0 Å². The third-order valence-electron chi connectivity index (χ3n) is 4.85. The molecule has 2 heteroatoms. The van der Waals surface area contributed by atoms with E-state index in [9.17, 15) is 9.59 Å². The van der Waals surface area contributed by atoms with Crippen LogP contribution in [0.2, 0.25) is 0 Å². The van der Waals surface area contributed by atoms with E-state index in [1.54, 1.807) is 0 Å². The van der Waals surface area contributed by atoms with Crippen molar-refractivity contribution in [1.29, 1.82) is 0 Å². The van der Waals surface area contributed by atoms with Crippen molar-refractivity contribution in [2.24, 2.45) is 11.8 Å². The van der Waals surface area contributed by atoms with Crippen molar-refractivity contribution in [2.75, 3.05) is 0 Å². The van der Waals surface area contributed by atoms with Crippen molar-refractivity contribution in [2.45, 2.75) is 32.1 Å². The molecule has 0 spiro atoms. The Hall–Kier alpha value is -2.22. The van der Waals surface area contributed by atoms with Gasteiger partial charge in [-0.3, -0.25) is 9.59 Å². The maximum absolute atomic E-state index is 12.8. The highest BCUT2D eigenvalue weighted by Crippen LogP contribution is 2.35. The van der Waals surface area contributed by atoms with Crippen LogP contribution in [0.4, 0.5) is 0 Å². The third-order valence-corrected chi connectivity index (χ3v) is 4.85. The lowest BCUT2D eigenvalue weighted by molar-refractivity contribution is 0.0784. The number of benzene rings is 2. The van der Waals surface area contributed by atoms with Gasteiger partial charge in [-0.15, -0.1) is 0 Å². The van der Waals surface area contributed by atoms with E-state index in [-0.39, 0.29) is 23.4 Å². The fourth-order valence-electron chi connectivity index (χ4n) is 3.59. The highest BCUT2D eigenvalue weighted by atomic mass is 16.1. The van der Waals surface area contributed by atoms with Gasteiger partial charge in [-0.2, -0.15) is 0 Å². The second kappa shape index (κ2) is 7.36. The van der Waals surface area contributed by atoms with E-state index in [1.165, 1.54) is 0 Å². The smallest absolute Gasteiger partial charge is 0.166 e. The van der Waals surface area contributed by atoms with Crippen LogP contribution < -0.4 is 0 Å². The fraction of sp³-hybridized carbons (Fsp3) is 0.333. The van der Waals surface area contributed by atoms with Crippen LogP contribution in [0.25, 0.3) is 0 Å². The average Bonchev–Trinajstić information content (AvgIpc) is 2.63. The van der Waals surface area contributed by atoms with Crippen molar-refractivity contribution in [1.82, 2.24) is 0 Å². The van der Waals surface area contributed by atoms with Crippen molar-refractivity contribution >= 4 is 11.6 Å². The molecular weight excluding hydrogens is 284 g/mol. The predicted octanol–water partition coefficient (Wildman–Crippen LogP) is 4.95. The lowest BCUT2D eigenvalue weighted by Gasteiger charge is -2.30. The molecule has 0 unspecified atom stereocenters. The van der Waals surface area contributed by atoms with Gasteiger partial charge >= 0.3 is 0 Å². The van der Waals surface area contributed by atoms with E-state index in [0.717, 1.165) is 36.8 Å². The zero-order valence-electron chi connectivity index (χ0n) is 13.3. The highest BCUT2D eigenvalue weighted by Gasteiger charge is 2.32. The van der Waals surface area contributed by atoms with Crippen LogP contribution in [-0.2, 0) is 0 Å². The van der Waals surface area contributed by atoms with Crippen LogP contribution in [0.3, 0.4) is 0 Å². The number of ketones is 2. The second-order valence-corrected chi connectivity index (χ2v) is 6.37. The number of carbonyl (C=O) groups is 2. The van der Waals surface area contributed by atoms with E-state index >= 15 is 0 Å². The largest absolute Gasteiger partial charge is 0.294 e. The van der Waals surface area contributed by atoms with Gasteiger partial charge in [0.2, 0.25) is 0 Å². The Kier molecular flexibility index (Phi) is 5.02. The summed E-state index contributed by atoms with van der Waals surface area (Å²) in [5.41, 5.74) is 1.53. The monoisotopic (exact) mass is 306 g/mol. The Labute approximate surface area is 137 Å². The standard InChI is InChI=1S/C21H22O2/c22-20(16-9-3-1-4-10-16)15-18-13-7-8-14-19(18)21(23)17-11-5-2-6-12-17/h1-6,9-12,18-19H,7-8,13-15H2/t18-,19-/m1/s1. The molecule has 0 amide bonds. The summed E-state index contributed by atoms with van der Waals surface area (Å²) in [6.45, 7) is 0. The van der Waals surface area contributed by atoms with Gasteiger partial charge in [0.15, 0.2) is 11.6 Å². The Morgan fingerprint density at radius 2 is 1.35 bits per heavy atom. The number of Topliss-reactive ketones (excluding diaryl/α,β-unsaturated/α-hetero) is 2. The molecule has 23 heavy (non-hydrogen) atoms. The molecule has 1 fully saturated rings. The summed E-state index contributed by atoms with van der Waals surface area (Å²) in [6.07, 6.45) is 4.56. The van der Waals surface area contributed by atoms with Crippen molar-refractivity contribution in [3.63, 3.8) is 0 Å². The zero-order valence-corrected chi connectivity index (χ0v) is 13.3. The van der Waals surface area contributed by atoms with E-state index in [4.69, 9.17) is 0 Å². The first-order valence-corrected chi connectivity index (χ1v) is 8.43. The minimum Gasteiger partial charge on any atom is -0.294 e. The normalized spacial score (nSPS) is 20.9. The van der Waals surface area contributed by atoms with Crippen LogP contribution in [0.1, 0.15) is 52.8 Å². The lowest BCUT2D eigenvalue weighted by atomic mass is 9.73. The molecule has 3 rings (SSSR count). The van der Waals surface area contributed by atoms with Crippen molar-refractivity contribution < 1.29 is 9.59 Å². The molecule has 2 atom stereocenters. The summed E-state index contributed by atoms with van der Waals surface area (Å²) in [7, 11) is 0. The van der Waals surface area contributed by atoms with Gasteiger partial charge in [0.1, 0.15) is 0 Å². The van der Waals surface area contributed by atoms with Gasteiger partial charge in [-0.1, -0.05) is 73.5 Å². The summed E-state index contributed by atoms with van der Waals surface area (Å²) in [6, 6.07) is 18.9. The van der Waals surface area contributed by atoms with E-state index in [1.807, 2.05) is 60.7 Å². The van der Waals surface area contributed by atoms with Crippen LogP contribution in [-0.4, -0.2) is 11.6 Å². The van der Waals surface area contributed by atoms with Crippen LogP contribution in [0.15, 0.2) is 60.7 Å². The number of carbonyl (C=O) groups excluding carboxylic acids is 2. The average molecular weight is 306 g/mol. The number of hydrogen-bond donors (Lipinski definition) is 0. The summed E-state index contributed by atoms with van der Waals surface area (Å²) in [5, 5.41) is 0. The Morgan fingerprint density at radius 1 is 0.783 bits per heavy atom. The SMILES string of the molecule is O=C(C[C@H]1CCCC[C@H]1C(=O)c1ccccc1)c1ccccc1. The van der Waals surface area contributed by atoms with Gasteiger partial charge in [0, 0.05) is 23.5 Å². The van der Waals surface area contributed by atoms with Gasteiger partial charge in [0.25, 0.3) is 0 Å². The molecular formula is C21H22O2. The molecule has 0 N–H and O–H groups in total. The maximum Gasteiger partial charge on any atom is 0.166 e. The number of rotatable bonds is 5. The first kappa shape index (κ1) is 15.7. The first-order valence-electron chi connectivity index (χ1n) is 8.43. The predicted molar refractivity (Wildman–Crippen MR) is 91.6 cm³/mol. The van der Waals surface area contributed by atoms with Gasteiger partial charge in [-0.05, 0) is 18.8 Å². The van der Waals surface area contributed by atoms with E-state index in [2.05, 4.69) is 0 Å². The molecule has 1 aliphatic carbocycles.